The Morgan fingerprint density at radius 3 is 2.64 bits per heavy atom. The summed E-state index contributed by atoms with van der Waals surface area (Å²) in [6, 6.07) is 12.1. The molecule has 1 unspecified atom stereocenters. The first-order valence-corrected chi connectivity index (χ1v) is 7.92. The molecule has 1 N–H and O–H groups in total. The number of phenolic OH excluding ortho intramolecular Hbond substituents is 1. The van der Waals surface area contributed by atoms with Crippen LogP contribution in [0.25, 0.3) is 0 Å². The summed E-state index contributed by atoms with van der Waals surface area (Å²) in [6.07, 6.45) is 0.533. The normalized spacial score (nSPS) is 16.5. The lowest BCUT2D eigenvalue weighted by Crippen LogP contribution is -2.24. The molecule has 2 aromatic rings. The highest BCUT2D eigenvalue weighted by Crippen LogP contribution is 2.39. The minimum atomic E-state index is -0.268. The number of benzene rings is 2. The number of aromatic hydroxyl groups is 1. The molecule has 25 heavy (non-hydrogen) atoms. The monoisotopic (exact) mass is 340 g/mol. The van der Waals surface area contributed by atoms with Crippen LogP contribution in [0.15, 0.2) is 47.6 Å². The van der Waals surface area contributed by atoms with Crippen molar-refractivity contribution in [3.8, 4) is 17.2 Å². The van der Waals surface area contributed by atoms with Crippen LogP contribution in [0.3, 0.4) is 0 Å². The van der Waals surface area contributed by atoms with E-state index < -0.39 is 0 Å². The molecule has 0 aromatic heterocycles. The first-order chi connectivity index (χ1) is 12.0. The molecule has 0 fully saturated rings. The molecule has 1 heterocycles. The third kappa shape index (κ3) is 3.28. The number of carbonyl (C=O) groups excluding carboxylic acids is 1. The molecule has 1 aliphatic heterocycles. The van der Waals surface area contributed by atoms with Crippen molar-refractivity contribution in [3.05, 3.63) is 53.6 Å². The second-order valence-electron chi connectivity index (χ2n) is 5.79. The van der Waals surface area contributed by atoms with Gasteiger partial charge in [-0.25, -0.2) is 5.01 Å². The molecule has 3 rings (SSSR count). The maximum atomic E-state index is 12.1. The van der Waals surface area contributed by atoms with Crippen LogP contribution in [0.4, 0.5) is 0 Å². The van der Waals surface area contributed by atoms with Gasteiger partial charge in [0.2, 0.25) is 5.91 Å². The van der Waals surface area contributed by atoms with Crippen molar-refractivity contribution in [2.75, 3.05) is 14.2 Å². The molecule has 0 radical (unpaired) electrons. The first kappa shape index (κ1) is 16.8. The fourth-order valence-electron chi connectivity index (χ4n) is 3.00. The molecule has 6 nitrogen and oxygen atoms in total. The van der Waals surface area contributed by atoms with Gasteiger partial charge in [-0.05, 0) is 24.3 Å². The van der Waals surface area contributed by atoms with Crippen LogP contribution in [0, 0.1) is 0 Å². The lowest BCUT2D eigenvalue weighted by atomic mass is 9.97. The molecule has 0 bridgehead atoms. The van der Waals surface area contributed by atoms with Gasteiger partial charge >= 0.3 is 0 Å². The van der Waals surface area contributed by atoms with Crippen molar-refractivity contribution in [1.82, 2.24) is 5.01 Å². The number of ether oxygens (including phenoxy) is 2. The summed E-state index contributed by atoms with van der Waals surface area (Å²) < 4.78 is 10.7. The fourth-order valence-corrected chi connectivity index (χ4v) is 3.00. The van der Waals surface area contributed by atoms with Crippen molar-refractivity contribution >= 4 is 11.6 Å². The third-order valence-corrected chi connectivity index (χ3v) is 4.21. The predicted molar refractivity (Wildman–Crippen MR) is 94.1 cm³/mol. The van der Waals surface area contributed by atoms with Gasteiger partial charge in [0.1, 0.15) is 17.2 Å². The Labute approximate surface area is 146 Å². The van der Waals surface area contributed by atoms with Gasteiger partial charge in [0.15, 0.2) is 0 Å². The molecule has 0 saturated carbocycles. The smallest absolute Gasteiger partial charge is 0.240 e. The van der Waals surface area contributed by atoms with Crippen LogP contribution in [-0.2, 0) is 4.79 Å². The number of rotatable bonds is 4. The second-order valence-corrected chi connectivity index (χ2v) is 5.79. The predicted octanol–water partition coefficient (Wildman–Crippen LogP) is 3.11. The molecule has 1 atom stereocenters. The maximum Gasteiger partial charge on any atom is 0.240 e. The van der Waals surface area contributed by atoms with Gasteiger partial charge in [0.05, 0.1) is 26.0 Å². The standard InChI is InChI=1S/C19H20N2O4/c1-12(22)21-18(16-8-7-15(24-2)10-19(16)25-3)11-17(20-21)13-5-4-6-14(23)9-13/h4-10,18,23H,11H2,1-3H3. The van der Waals surface area contributed by atoms with Crippen molar-refractivity contribution in [1.29, 1.82) is 0 Å². The third-order valence-electron chi connectivity index (χ3n) is 4.21. The van der Waals surface area contributed by atoms with Crippen molar-refractivity contribution in [3.63, 3.8) is 0 Å². The number of hydrazone groups is 1. The lowest BCUT2D eigenvalue weighted by molar-refractivity contribution is -0.130. The van der Waals surface area contributed by atoms with E-state index in [1.54, 1.807) is 38.5 Å². The Bertz CT molecular complexity index is 832. The quantitative estimate of drug-likeness (QED) is 0.928. The Kier molecular flexibility index (Phi) is 4.61. The van der Waals surface area contributed by atoms with Crippen LogP contribution >= 0.6 is 0 Å². The van der Waals surface area contributed by atoms with Crippen LogP contribution in [0.2, 0.25) is 0 Å². The minimum absolute atomic E-state index is 0.155. The molecule has 1 amide bonds. The van der Waals surface area contributed by atoms with E-state index in [1.165, 1.54) is 11.9 Å². The Morgan fingerprint density at radius 1 is 1.20 bits per heavy atom. The summed E-state index contributed by atoms with van der Waals surface area (Å²) in [5.74, 6) is 1.34. The maximum absolute atomic E-state index is 12.1. The van der Waals surface area contributed by atoms with E-state index in [2.05, 4.69) is 5.10 Å². The molecule has 130 valence electrons. The van der Waals surface area contributed by atoms with Crippen molar-refractivity contribution < 1.29 is 19.4 Å². The Balaban J connectivity index is 1.99. The summed E-state index contributed by atoms with van der Waals surface area (Å²) in [4.78, 5) is 12.1. The van der Waals surface area contributed by atoms with Crippen LogP contribution < -0.4 is 9.47 Å². The molecular formula is C19H20N2O4. The highest BCUT2D eigenvalue weighted by Gasteiger charge is 2.33. The summed E-state index contributed by atoms with van der Waals surface area (Å²) >= 11 is 0. The molecule has 0 spiro atoms. The zero-order valence-corrected chi connectivity index (χ0v) is 14.4. The topological polar surface area (TPSA) is 71.4 Å². The SMILES string of the molecule is COc1ccc(C2CC(c3cccc(O)c3)=NN2C(C)=O)c(OC)c1. The van der Waals surface area contributed by atoms with E-state index in [9.17, 15) is 9.90 Å². The average Bonchev–Trinajstić information content (AvgIpc) is 3.06. The number of hydrogen-bond acceptors (Lipinski definition) is 5. The number of carbonyl (C=O) groups is 1. The second kappa shape index (κ2) is 6.84. The van der Waals surface area contributed by atoms with E-state index in [0.29, 0.717) is 17.9 Å². The average molecular weight is 340 g/mol. The largest absolute Gasteiger partial charge is 0.508 e. The first-order valence-electron chi connectivity index (χ1n) is 7.92. The highest BCUT2D eigenvalue weighted by atomic mass is 16.5. The van der Waals surface area contributed by atoms with Crippen LogP contribution in [0.1, 0.15) is 30.5 Å². The van der Waals surface area contributed by atoms with E-state index in [4.69, 9.17) is 9.47 Å². The number of methoxy groups -OCH3 is 2. The fraction of sp³-hybridized carbons (Fsp3) is 0.263. The van der Waals surface area contributed by atoms with E-state index >= 15 is 0 Å². The lowest BCUT2D eigenvalue weighted by Gasteiger charge is -2.22. The number of amides is 1. The summed E-state index contributed by atoms with van der Waals surface area (Å²) in [6.45, 7) is 1.48. The molecule has 2 aromatic carbocycles. The summed E-state index contributed by atoms with van der Waals surface area (Å²) in [7, 11) is 3.18. The van der Waals surface area contributed by atoms with Gasteiger partial charge in [-0.15, -0.1) is 0 Å². The van der Waals surface area contributed by atoms with Crippen molar-refractivity contribution in [2.24, 2.45) is 5.10 Å². The zero-order chi connectivity index (χ0) is 18.0. The van der Waals surface area contributed by atoms with Gasteiger partial charge < -0.3 is 14.6 Å². The molecule has 0 aliphatic carbocycles. The summed E-state index contributed by atoms with van der Waals surface area (Å²) in [5.41, 5.74) is 2.40. The number of phenols is 1. The van der Waals surface area contributed by atoms with Gasteiger partial charge in [-0.1, -0.05) is 12.1 Å². The van der Waals surface area contributed by atoms with Gasteiger partial charge in [-0.2, -0.15) is 5.10 Å². The van der Waals surface area contributed by atoms with E-state index in [0.717, 1.165) is 16.8 Å². The van der Waals surface area contributed by atoms with E-state index in [1.807, 2.05) is 18.2 Å². The molecule has 6 heteroatoms. The minimum Gasteiger partial charge on any atom is -0.508 e. The zero-order valence-electron chi connectivity index (χ0n) is 14.4. The Morgan fingerprint density at radius 2 is 2.00 bits per heavy atom. The number of nitrogens with zero attached hydrogens (tertiary/aromatic N) is 2. The number of hydrogen-bond donors (Lipinski definition) is 1. The van der Waals surface area contributed by atoms with Crippen LogP contribution in [-0.4, -0.2) is 36.0 Å². The van der Waals surface area contributed by atoms with Gasteiger partial charge in [-0.3, -0.25) is 4.79 Å². The van der Waals surface area contributed by atoms with E-state index in [-0.39, 0.29) is 17.7 Å². The molecule has 0 saturated heterocycles. The van der Waals surface area contributed by atoms with Gasteiger partial charge in [0.25, 0.3) is 0 Å². The van der Waals surface area contributed by atoms with Crippen LogP contribution in [0.5, 0.6) is 17.2 Å². The highest BCUT2D eigenvalue weighted by molar-refractivity contribution is 6.03. The summed E-state index contributed by atoms with van der Waals surface area (Å²) in [5, 5.41) is 15.6. The Hall–Kier alpha value is -3.02. The molecule has 1 aliphatic rings. The van der Waals surface area contributed by atoms with Crippen molar-refractivity contribution in [2.45, 2.75) is 19.4 Å². The van der Waals surface area contributed by atoms with Gasteiger partial charge in [0, 0.05) is 30.5 Å². The molecular weight excluding hydrogens is 320 g/mol.